The third-order valence-electron chi connectivity index (χ3n) is 0. The van der Waals surface area contributed by atoms with Crippen molar-refractivity contribution < 1.29 is 10.3 Å². The molecule has 2 N–H and O–H groups in total. The molecule has 5 heavy (non-hydrogen) atoms. The van der Waals surface area contributed by atoms with E-state index >= 15 is 0 Å². The number of rotatable bonds is 0. The molecule has 0 aliphatic rings. The van der Waals surface area contributed by atoms with Gasteiger partial charge in [-0.3, -0.25) is 0 Å². The quantitative estimate of drug-likeness (QED) is 0.313. The number of hydrogen-bond acceptors (Lipinski definition) is 1. The Labute approximate surface area is 75.2 Å². The van der Waals surface area contributed by atoms with Crippen molar-refractivity contribution in [3.8, 4) is 0 Å². The molecule has 0 atom stereocenters. The minimum absolute atomic E-state index is 0. The van der Waals surface area contributed by atoms with Crippen LogP contribution in [0.3, 0.4) is 0 Å². The maximum absolute atomic E-state index is 8.00. The molecule has 0 aromatic carbocycles. The summed E-state index contributed by atoms with van der Waals surface area (Å²) in [4.78, 5) is 8.00. The van der Waals surface area contributed by atoms with E-state index < -0.39 is 0 Å². The van der Waals surface area contributed by atoms with Crippen molar-refractivity contribution in [1.82, 2.24) is 0 Å². The predicted octanol–water partition coefficient (Wildman–Crippen LogP) is -2.31. The fraction of sp³-hybridized carbons (Fsp3) is 0. The predicted molar refractivity (Wildman–Crippen MR) is 25.0 cm³/mol. The summed E-state index contributed by atoms with van der Waals surface area (Å²) in [5.41, 5.74) is 0. The first kappa shape index (κ1) is 30.4. The molecule has 0 rings (SSSR count). The van der Waals surface area contributed by atoms with E-state index in [1.54, 1.807) is 0 Å². The van der Waals surface area contributed by atoms with Crippen molar-refractivity contribution in [2.24, 2.45) is 0 Å². The van der Waals surface area contributed by atoms with Crippen molar-refractivity contribution >= 4 is 65.9 Å². The van der Waals surface area contributed by atoms with Crippen LogP contribution in [0.15, 0.2) is 0 Å². The molecule has 0 unspecified atom stereocenters. The Hall–Kier alpha value is 1.63. The average Bonchev–Trinajstić information content (AvgIpc) is 1.00. The van der Waals surface area contributed by atoms with Crippen LogP contribution in [0.4, 0.5) is 0 Å². The van der Waals surface area contributed by atoms with Crippen molar-refractivity contribution in [2.45, 2.75) is 0 Å². The van der Waals surface area contributed by atoms with Crippen LogP contribution >= 0.6 is 0 Å². The molecule has 4 heteroatoms. The van der Waals surface area contributed by atoms with Crippen LogP contribution in [-0.4, -0.2) is 71.4 Å². The van der Waals surface area contributed by atoms with Crippen LogP contribution in [0, 0.1) is 0 Å². The van der Waals surface area contributed by atoms with Crippen LogP contribution in [0.5, 0.6) is 0 Å². The maximum atomic E-state index is 8.00. The number of carbonyl (C=O) groups excluding carboxylic acids is 1. The Morgan fingerprint density at radius 3 is 1.00 bits per heavy atom. The van der Waals surface area contributed by atoms with Gasteiger partial charge in [0.2, 0.25) is 0 Å². The standard InChI is InChI=1S/CH2O.2Na.H2O.2H/c1-2;;;;;/h1H2;;;1H2;;. The van der Waals surface area contributed by atoms with Crippen LogP contribution in [0.1, 0.15) is 0 Å². The van der Waals surface area contributed by atoms with E-state index in [4.69, 9.17) is 4.79 Å². The molecule has 0 aromatic rings. The van der Waals surface area contributed by atoms with Crippen molar-refractivity contribution in [1.29, 1.82) is 0 Å². The van der Waals surface area contributed by atoms with E-state index in [1.807, 2.05) is 6.79 Å². The first-order valence-electron chi connectivity index (χ1n) is 0.289. The Bertz CT molecular complexity index is 7.61. The fourth-order valence-electron chi connectivity index (χ4n) is 0. The molecule has 0 fully saturated rings. The minimum atomic E-state index is 0. The van der Waals surface area contributed by atoms with E-state index in [2.05, 4.69) is 0 Å². The summed E-state index contributed by atoms with van der Waals surface area (Å²) in [7, 11) is 0. The zero-order valence-corrected chi connectivity index (χ0v) is 1.62. The molecule has 0 aliphatic heterocycles. The van der Waals surface area contributed by atoms with Gasteiger partial charge in [-0.1, -0.05) is 0 Å². The Kier molecular flexibility index (Phi) is 276. The molecule has 0 radical (unpaired) electrons. The van der Waals surface area contributed by atoms with Gasteiger partial charge in [0.25, 0.3) is 0 Å². The van der Waals surface area contributed by atoms with Crippen LogP contribution < -0.4 is 0 Å². The Balaban J connectivity index is -0.00000000167. The van der Waals surface area contributed by atoms with Gasteiger partial charge >= 0.3 is 59.1 Å². The Morgan fingerprint density at radius 1 is 1.00 bits per heavy atom. The van der Waals surface area contributed by atoms with E-state index in [1.165, 1.54) is 0 Å². The van der Waals surface area contributed by atoms with E-state index in [0.717, 1.165) is 0 Å². The van der Waals surface area contributed by atoms with Gasteiger partial charge in [0.15, 0.2) is 0 Å². The van der Waals surface area contributed by atoms with Crippen LogP contribution in [0.2, 0.25) is 0 Å². The van der Waals surface area contributed by atoms with Crippen molar-refractivity contribution in [3.05, 3.63) is 0 Å². The fourth-order valence-corrected chi connectivity index (χ4v) is 0. The summed E-state index contributed by atoms with van der Waals surface area (Å²) < 4.78 is 0. The topological polar surface area (TPSA) is 48.6 Å². The molecule has 0 saturated carbocycles. The number of carbonyl (C=O) groups is 1. The summed E-state index contributed by atoms with van der Waals surface area (Å²) >= 11 is 0. The van der Waals surface area contributed by atoms with Gasteiger partial charge in [-0.05, 0) is 0 Å². The van der Waals surface area contributed by atoms with Gasteiger partial charge in [-0.25, -0.2) is 0 Å². The van der Waals surface area contributed by atoms with Crippen molar-refractivity contribution in [2.75, 3.05) is 0 Å². The molecule has 0 aromatic heterocycles. The second-order valence-electron chi connectivity index (χ2n) is 0. The van der Waals surface area contributed by atoms with E-state index in [9.17, 15) is 0 Å². The molecule has 0 aliphatic carbocycles. The first-order chi connectivity index (χ1) is 1.00. The van der Waals surface area contributed by atoms with E-state index in [-0.39, 0.29) is 64.6 Å². The zero-order chi connectivity index (χ0) is 2.00. The summed E-state index contributed by atoms with van der Waals surface area (Å²) in [6, 6.07) is 0. The molecule has 0 amide bonds. The zero-order valence-electron chi connectivity index (χ0n) is 1.62. The summed E-state index contributed by atoms with van der Waals surface area (Å²) in [6.07, 6.45) is 0. The second-order valence-corrected chi connectivity index (χ2v) is 0. The molecular weight excluding hydrogens is 90.0 g/mol. The normalized spacial score (nSPS) is 0.800. The van der Waals surface area contributed by atoms with Gasteiger partial charge in [0, 0.05) is 0 Å². The SMILES string of the molecule is C=O.O.[NaH].[NaH]. The first-order valence-corrected chi connectivity index (χ1v) is 0.289. The molecule has 0 spiro atoms. The second kappa shape index (κ2) is 45.4. The van der Waals surface area contributed by atoms with Gasteiger partial charge in [0.1, 0.15) is 6.79 Å². The summed E-state index contributed by atoms with van der Waals surface area (Å²) in [6.45, 7) is 2.00. The molecule has 24 valence electrons. The van der Waals surface area contributed by atoms with Gasteiger partial charge in [-0.15, -0.1) is 0 Å². The van der Waals surface area contributed by atoms with Gasteiger partial charge in [0.05, 0.1) is 0 Å². The number of hydrogen-bond donors (Lipinski definition) is 0. The van der Waals surface area contributed by atoms with E-state index in [0.29, 0.717) is 0 Å². The molecule has 2 nitrogen and oxygen atoms in total. The van der Waals surface area contributed by atoms with Gasteiger partial charge < -0.3 is 10.3 Å². The molecule has 0 saturated heterocycles. The monoisotopic (exact) mass is 96.0 g/mol. The summed E-state index contributed by atoms with van der Waals surface area (Å²) in [5, 5.41) is 0. The molecule has 0 bridgehead atoms. The Morgan fingerprint density at radius 2 is 1.00 bits per heavy atom. The van der Waals surface area contributed by atoms with Gasteiger partial charge in [-0.2, -0.15) is 0 Å². The third-order valence-corrected chi connectivity index (χ3v) is 0. The van der Waals surface area contributed by atoms with Crippen LogP contribution in [0.25, 0.3) is 0 Å². The molecular formula is CH6Na2O2. The average molecular weight is 96.0 g/mol. The summed E-state index contributed by atoms with van der Waals surface area (Å²) in [5.74, 6) is 0. The van der Waals surface area contributed by atoms with Crippen molar-refractivity contribution in [3.63, 3.8) is 0 Å². The van der Waals surface area contributed by atoms with Crippen LogP contribution in [-0.2, 0) is 4.79 Å². The molecule has 0 heterocycles. The third kappa shape index (κ3) is 27.9.